The van der Waals surface area contributed by atoms with E-state index in [1.165, 1.54) is 21.8 Å². The highest BCUT2D eigenvalue weighted by atomic mass is 31.2. The highest BCUT2D eigenvalue weighted by Crippen LogP contribution is 2.37. The second-order valence-corrected chi connectivity index (χ2v) is 11.5. The van der Waals surface area contributed by atoms with Gasteiger partial charge in [-0.1, -0.05) is 36.4 Å². The molecule has 2 aliphatic rings. The van der Waals surface area contributed by atoms with Crippen molar-refractivity contribution in [2.45, 2.75) is 31.7 Å². The quantitative estimate of drug-likeness (QED) is 0.296. The van der Waals surface area contributed by atoms with Crippen LogP contribution in [-0.2, 0) is 17.9 Å². The molecule has 1 saturated heterocycles. The standard InChI is InChI=1S/C29H31F2N4O7P/c1-33-28(38)24-26(42-17-19-6-3-2-4-7-19)25(36)22(27(37)32-15-20-8-9-21(30)14-23(20)31)16-34(24)35(11-5-13-43(39)40)29(33)10-12-41-18-29/h2-4,6-9,14,16,39-40H,5,10-13,15,17-18H2,1H3,(H,32,37). The molecule has 5 rings (SSSR count). The molecular formula is C29H31F2N4O7P. The molecule has 0 bridgehead atoms. The van der Waals surface area contributed by atoms with E-state index in [2.05, 4.69) is 5.32 Å². The van der Waals surface area contributed by atoms with Crippen LogP contribution in [-0.4, -0.2) is 69.8 Å². The van der Waals surface area contributed by atoms with Gasteiger partial charge in [-0.25, -0.2) is 8.78 Å². The van der Waals surface area contributed by atoms with Gasteiger partial charge in [0.2, 0.25) is 5.43 Å². The van der Waals surface area contributed by atoms with E-state index in [0.29, 0.717) is 25.5 Å². The summed E-state index contributed by atoms with van der Waals surface area (Å²) in [7, 11) is -0.571. The minimum atomic E-state index is -2.17. The van der Waals surface area contributed by atoms with Crippen LogP contribution in [0.2, 0.25) is 0 Å². The third kappa shape index (κ3) is 6.12. The number of nitrogens with one attached hydrogen (secondary N) is 1. The smallest absolute Gasteiger partial charge is 0.278 e. The minimum Gasteiger partial charge on any atom is -0.482 e. The summed E-state index contributed by atoms with van der Waals surface area (Å²) < 4.78 is 40.7. The van der Waals surface area contributed by atoms with E-state index in [0.717, 1.165) is 11.6 Å². The van der Waals surface area contributed by atoms with Crippen LogP contribution in [0.25, 0.3) is 0 Å². The van der Waals surface area contributed by atoms with Crippen molar-refractivity contribution in [3.63, 3.8) is 0 Å². The Bertz CT molecular complexity index is 1560. The molecule has 2 aromatic carbocycles. The Morgan fingerprint density at radius 1 is 1.16 bits per heavy atom. The molecule has 1 spiro atoms. The van der Waals surface area contributed by atoms with Crippen molar-refractivity contribution in [1.29, 1.82) is 0 Å². The van der Waals surface area contributed by atoms with E-state index in [1.54, 1.807) is 36.3 Å². The molecule has 14 heteroatoms. The first-order chi connectivity index (χ1) is 20.6. The molecule has 1 fully saturated rings. The Labute approximate surface area is 247 Å². The van der Waals surface area contributed by atoms with Crippen molar-refractivity contribution < 1.29 is 37.6 Å². The Balaban J connectivity index is 1.59. The first-order valence-electron chi connectivity index (χ1n) is 13.6. The number of pyridine rings is 1. The fraction of sp³-hybridized carbons (Fsp3) is 0.345. The number of carbonyl (C=O) groups is 2. The zero-order valence-corrected chi connectivity index (χ0v) is 24.2. The third-order valence-corrected chi connectivity index (χ3v) is 8.37. The van der Waals surface area contributed by atoms with Crippen molar-refractivity contribution in [3.05, 3.63) is 99.0 Å². The summed E-state index contributed by atoms with van der Waals surface area (Å²) in [5.41, 5.74) is -1.55. The maximum atomic E-state index is 14.2. The second kappa shape index (κ2) is 12.8. The average molecular weight is 617 g/mol. The largest absolute Gasteiger partial charge is 0.482 e. The summed E-state index contributed by atoms with van der Waals surface area (Å²) >= 11 is 0. The number of hydrogen-bond donors (Lipinski definition) is 3. The van der Waals surface area contributed by atoms with Crippen molar-refractivity contribution in [2.24, 2.45) is 0 Å². The van der Waals surface area contributed by atoms with Gasteiger partial charge in [-0.15, -0.1) is 0 Å². The van der Waals surface area contributed by atoms with Crippen LogP contribution in [0.5, 0.6) is 5.75 Å². The number of amides is 2. The van der Waals surface area contributed by atoms with E-state index in [4.69, 9.17) is 9.47 Å². The van der Waals surface area contributed by atoms with Gasteiger partial charge in [0.05, 0.1) is 13.2 Å². The third-order valence-electron chi connectivity index (χ3n) is 7.65. The van der Waals surface area contributed by atoms with Crippen LogP contribution >= 0.6 is 8.38 Å². The van der Waals surface area contributed by atoms with Crippen molar-refractivity contribution in [3.8, 4) is 5.75 Å². The van der Waals surface area contributed by atoms with Gasteiger partial charge in [0.25, 0.3) is 11.8 Å². The summed E-state index contributed by atoms with van der Waals surface area (Å²) in [5, 5.41) is 4.28. The molecule has 228 valence electrons. The van der Waals surface area contributed by atoms with E-state index in [1.807, 2.05) is 6.07 Å². The Morgan fingerprint density at radius 2 is 1.93 bits per heavy atom. The summed E-state index contributed by atoms with van der Waals surface area (Å²) in [4.78, 5) is 61.7. The Hall–Kier alpha value is -3.90. The summed E-state index contributed by atoms with van der Waals surface area (Å²) in [6, 6.07) is 11.9. The average Bonchev–Trinajstić information content (AvgIpc) is 3.47. The highest BCUT2D eigenvalue weighted by molar-refractivity contribution is 7.45. The molecule has 3 N–H and O–H groups in total. The molecule has 11 nitrogen and oxygen atoms in total. The Kier molecular flexibility index (Phi) is 9.07. The molecule has 3 aromatic rings. The monoisotopic (exact) mass is 616 g/mol. The van der Waals surface area contributed by atoms with Crippen molar-refractivity contribution in [2.75, 3.05) is 38.0 Å². The lowest BCUT2D eigenvalue weighted by Gasteiger charge is -2.52. The molecule has 43 heavy (non-hydrogen) atoms. The molecule has 1 aromatic heterocycles. The maximum absolute atomic E-state index is 14.2. The van der Waals surface area contributed by atoms with Gasteiger partial charge in [0, 0.05) is 50.5 Å². The van der Waals surface area contributed by atoms with Crippen molar-refractivity contribution >= 4 is 20.2 Å². The van der Waals surface area contributed by atoms with Gasteiger partial charge < -0.3 is 29.5 Å². The molecule has 1 atom stereocenters. The molecule has 2 aliphatic heterocycles. The topological polar surface area (TPSA) is 134 Å². The lowest BCUT2D eigenvalue weighted by Crippen LogP contribution is -2.70. The minimum absolute atomic E-state index is 0.0124. The number of halogens is 2. The van der Waals surface area contributed by atoms with Crippen molar-refractivity contribution in [1.82, 2.24) is 14.9 Å². The van der Waals surface area contributed by atoms with E-state index in [-0.39, 0.29) is 55.0 Å². The number of nitrogens with zero attached hydrogens (tertiary/aromatic N) is 3. The van der Waals surface area contributed by atoms with E-state index >= 15 is 0 Å². The number of benzene rings is 2. The summed E-state index contributed by atoms with van der Waals surface area (Å²) in [6.45, 7) is 0.312. The molecule has 2 amide bonds. The first kappa shape index (κ1) is 30.6. The zero-order chi connectivity index (χ0) is 30.7. The SMILES string of the molecule is CN1C(=O)c2c(OCc3ccccc3)c(=O)c(C(=O)NCc3ccc(F)cc3F)cn2N(CCCP(O)O)C12CCOC2. The van der Waals surface area contributed by atoms with Crippen LogP contribution in [0, 0.1) is 11.6 Å². The number of likely N-dealkylation sites (N-methyl/N-ethyl adjacent to an activating group) is 1. The fourth-order valence-corrected chi connectivity index (χ4v) is 5.76. The highest BCUT2D eigenvalue weighted by Gasteiger charge is 2.52. The van der Waals surface area contributed by atoms with Gasteiger partial charge >= 0.3 is 0 Å². The van der Waals surface area contributed by atoms with Crippen LogP contribution in [0.1, 0.15) is 44.8 Å². The number of rotatable bonds is 10. The summed E-state index contributed by atoms with van der Waals surface area (Å²) in [5.74, 6) is -3.34. The molecule has 0 aliphatic carbocycles. The van der Waals surface area contributed by atoms with Crippen LogP contribution in [0.4, 0.5) is 8.78 Å². The number of hydrogen-bond acceptors (Lipinski definition) is 8. The van der Waals surface area contributed by atoms with E-state index < -0.39 is 42.9 Å². The van der Waals surface area contributed by atoms with Gasteiger partial charge in [-0.2, -0.15) is 0 Å². The Morgan fingerprint density at radius 3 is 2.60 bits per heavy atom. The van der Waals surface area contributed by atoms with E-state index in [9.17, 15) is 33.0 Å². The maximum Gasteiger partial charge on any atom is 0.278 e. The fourth-order valence-electron chi connectivity index (χ4n) is 5.34. The number of carbonyl (C=O) groups excluding carboxylic acids is 2. The lowest BCUT2D eigenvalue weighted by atomic mass is 10.0. The first-order valence-corrected chi connectivity index (χ1v) is 15.0. The van der Waals surface area contributed by atoms with Crippen LogP contribution < -0.4 is 20.5 Å². The van der Waals surface area contributed by atoms with Gasteiger partial charge in [-0.3, -0.25) is 24.1 Å². The van der Waals surface area contributed by atoms with Crippen LogP contribution in [0.15, 0.2) is 59.5 Å². The predicted octanol–water partition coefficient (Wildman–Crippen LogP) is 2.46. The molecule has 1 unspecified atom stereocenters. The second-order valence-electron chi connectivity index (χ2n) is 10.3. The van der Waals surface area contributed by atoms with Gasteiger partial charge in [-0.05, 0) is 18.1 Å². The van der Waals surface area contributed by atoms with Gasteiger partial charge in [0.15, 0.2) is 25.5 Å². The van der Waals surface area contributed by atoms with Gasteiger partial charge in [0.1, 0.15) is 23.8 Å². The molecule has 0 radical (unpaired) electrons. The molecule has 0 saturated carbocycles. The van der Waals surface area contributed by atoms with Crippen LogP contribution in [0.3, 0.4) is 0 Å². The number of ether oxygens (including phenoxy) is 2. The predicted molar refractivity (Wildman–Crippen MR) is 153 cm³/mol. The lowest BCUT2D eigenvalue weighted by molar-refractivity contribution is 0.0298. The number of fused-ring (bicyclic) bond motifs is 1. The molecule has 3 heterocycles. The summed E-state index contributed by atoms with van der Waals surface area (Å²) in [6.07, 6.45) is 2.08. The zero-order valence-electron chi connectivity index (χ0n) is 23.3. The number of aromatic nitrogens is 1. The normalized spacial score (nSPS) is 18.0. The molecular weight excluding hydrogens is 585 g/mol.